The minimum absolute atomic E-state index is 0.0283. The number of carbonyl (C=O) groups is 2. The second kappa shape index (κ2) is 15.5. The molecule has 0 bridgehead atoms. The minimum Gasteiger partial charge on any atom is -0.495 e. The Bertz CT molecular complexity index is 1840. The molecule has 232 valence electrons. The van der Waals surface area contributed by atoms with Crippen LogP contribution >= 0.6 is 23.2 Å². The maximum Gasteiger partial charge on any atom is 0.412 e. The lowest BCUT2D eigenvalue weighted by molar-refractivity contribution is 0.0697. The molecule has 0 saturated heterocycles. The number of amides is 1. The molecular weight excluding hydrogens is 627 g/mol. The third-order valence-corrected chi connectivity index (χ3v) is 6.55. The van der Waals surface area contributed by atoms with Gasteiger partial charge in [0, 0.05) is 10.0 Å². The van der Waals surface area contributed by atoms with Crippen LogP contribution in [-0.4, -0.2) is 36.4 Å². The van der Waals surface area contributed by atoms with Crippen LogP contribution in [0.25, 0.3) is 10.9 Å². The fraction of sp³-hybridized carbons (Fsp3) is 0.125. The van der Waals surface area contributed by atoms with E-state index in [2.05, 4.69) is 10.3 Å². The molecule has 0 aliphatic carbocycles. The van der Waals surface area contributed by atoms with Crippen LogP contribution in [-0.2, 0) is 18.0 Å². The molecule has 2 N–H and O–H groups in total. The predicted octanol–water partition coefficient (Wildman–Crippen LogP) is 7.22. The summed E-state index contributed by atoms with van der Waals surface area (Å²) in [6, 6.07) is 23.2. The van der Waals surface area contributed by atoms with Gasteiger partial charge in [0.05, 0.1) is 25.2 Å². The lowest BCUT2D eigenvalue weighted by Crippen LogP contribution is -2.16. The van der Waals surface area contributed by atoms with Crippen molar-refractivity contribution in [1.29, 1.82) is 0 Å². The molecule has 1 aromatic heterocycles. The largest absolute Gasteiger partial charge is 0.495 e. The highest BCUT2D eigenvalue weighted by molar-refractivity contribution is 6.30. The number of nitrogens with zero attached hydrogens (tertiary/aromatic N) is 1. The predicted molar refractivity (Wildman–Crippen MR) is 168 cm³/mol. The van der Waals surface area contributed by atoms with Crippen LogP contribution in [0.2, 0.25) is 10.0 Å². The Morgan fingerprint density at radius 3 is 2.11 bits per heavy atom. The third-order valence-electron chi connectivity index (χ3n) is 6.05. The molecule has 0 aliphatic rings. The monoisotopic (exact) mass is 652 g/mol. The number of methoxy groups -OCH3 is 2. The summed E-state index contributed by atoms with van der Waals surface area (Å²) in [5, 5.41) is 13.1. The molecule has 0 spiro atoms. The first-order valence-electron chi connectivity index (χ1n) is 13.1. The Labute approximate surface area is 266 Å². The van der Waals surface area contributed by atoms with Gasteiger partial charge in [0.1, 0.15) is 35.1 Å². The minimum atomic E-state index is -1.18. The molecule has 0 radical (unpaired) electrons. The summed E-state index contributed by atoms with van der Waals surface area (Å²) in [4.78, 5) is 39.4. The van der Waals surface area contributed by atoms with Gasteiger partial charge in [-0.2, -0.15) is 0 Å². The molecule has 1 amide bonds. The number of carboxylic acids is 1. The maximum atomic E-state index is 12.0. The topological polar surface area (TPSA) is 146 Å². The van der Waals surface area contributed by atoms with Crippen molar-refractivity contribution in [2.24, 2.45) is 0 Å². The van der Waals surface area contributed by atoms with Crippen molar-refractivity contribution in [1.82, 2.24) is 4.98 Å². The van der Waals surface area contributed by atoms with Gasteiger partial charge in [0.25, 0.3) is 0 Å². The highest BCUT2D eigenvalue weighted by Gasteiger charge is 2.18. The first-order valence-corrected chi connectivity index (χ1v) is 13.9. The number of aromatic nitrogens is 1. The van der Waals surface area contributed by atoms with Crippen molar-refractivity contribution < 1.29 is 38.1 Å². The molecule has 5 rings (SSSR count). The third kappa shape index (κ3) is 8.88. The van der Waals surface area contributed by atoms with Crippen molar-refractivity contribution in [3.63, 3.8) is 0 Å². The second-order valence-corrected chi connectivity index (χ2v) is 9.88. The fourth-order valence-electron chi connectivity index (χ4n) is 3.89. The number of halogens is 2. The molecule has 0 aliphatic heterocycles. The van der Waals surface area contributed by atoms with Gasteiger partial charge in [-0.1, -0.05) is 47.5 Å². The van der Waals surface area contributed by atoms with Gasteiger partial charge in [-0.3, -0.25) is 5.32 Å². The second-order valence-electron chi connectivity index (χ2n) is 9.01. The number of nitrogens with one attached hydrogen (secondary N) is 1. The van der Waals surface area contributed by atoms with Crippen LogP contribution in [0.1, 0.15) is 21.8 Å². The molecule has 1 heterocycles. The summed E-state index contributed by atoms with van der Waals surface area (Å²) in [6.07, 6.45) is -0.785. The van der Waals surface area contributed by atoms with Gasteiger partial charge in [-0.25, -0.2) is 19.4 Å². The summed E-state index contributed by atoms with van der Waals surface area (Å²) in [5.74, 6) is 0.342. The van der Waals surface area contributed by atoms with Crippen molar-refractivity contribution in [3.8, 4) is 17.2 Å². The number of aromatic carboxylic acids is 1. The zero-order chi connectivity index (χ0) is 32.3. The SMILES string of the molecule is COc1cccc(C(=O)O)c1NC(=O)OCc1ccc(Cl)cc1.COc1cccc2c(=O)oc(COc3ccc(Cl)cc3)nc12. The fourth-order valence-corrected chi connectivity index (χ4v) is 4.14. The number of carbonyl (C=O) groups excluding carboxylic acids is 1. The summed E-state index contributed by atoms with van der Waals surface area (Å²) in [7, 11) is 2.90. The van der Waals surface area contributed by atoms with Crippen molar-refractivity contribution >= 4 is 51.9 Å². The van der Waals surface area contributed by atoms with E-state index in [1.165, 1.54) is 26.4 Å². The van der Waals surface area contributed by atoms with Gasteiger partial charge < -0.3 is 28.5 Å². The Morgan fingerprint density at radius 1 is 0.844 bits per heavy atom. The lowest BCUT2D eigenvalue weighted by Gasteiger charge is -2.13. The number of carboxylic acid groups (broad SMARTS) is 1. The van der Waals surface area contributed by atoms with E-state index < -0.39 is 17.7 Å². The van der Waals surface area contributed by atoms with Gasteiger partial charge >= 0.3 is 17.7 Å². The zero-order valence-corrected chi connectivity index (χ0v) is 25.4. The first-order chi connectivity index (χ1) is 21.7. The van der Waals surface area contributed by atoms with Crippen molar-refractivity contribution in [2.75, 3.05) is 19.5 Å². The summed E-state index contributed by atoms with van der Waals surface area (Å²) < 4.78 is 26.0. The number of fused-ring (bicyclic) bond motifs is 1. The van der Waals surface area contributed by atoms with Crippen LogP contribution in [0.5, 0.6) is 17.2 Å². The van der Waals surface area contributed by atoms with Gasteiger partial charge in [0.2, 0.25) is 5.89 Å². The average Bonchev–Trinajstić information content (AvgIpc) is 3.04. The quantitative estimate of drug-likeness (QED) is 0.167. The number of anilines is 1. The van der Waals surface area contributed by atoms with E-state index in [1.807, 2.05) is 0 Å². The van der Waals surface area contributed by atoms with Gasteiger partial charge in [0.15, 0.2) is 6.61 Å². The molecule has 5 aromatic rings. The number of hydrogen-bond acceptors (Lipinski definition) is 9. The maximum absolute atomic E-state index is 12.0. The molecule has 11 nitrogen and oxygen atoms in total. The van der Waals surface area contributed by atoms with E-state index in [1.54, 1.807) is 72.8 Å². The van der Waals surface area contributed by atoms with Gasteiger partial charge in [-0.15, -0.1) is 0 Å². The van der Waals surface area contributed by atoms with Crippen LogP contribution in [0.3, 0.4) is 0 Å². The smallest absolute Gasteiger partial charge is 0.412 e. The number of benzene rings is 4. The summed E-state index contributed by atoms with van der Waals surface area (Å²) in [5.41, 5.74) is 0.689. The molecule has 45 heavy (non-hydrogen) atoms. The first kappa shape index (κ1) is 32.6. The molecule has 0 unspecified atom stereocenters. The molecule has 4 aromatic carbocycles. The molecule has 0 atom stereocenters. The normalized spacial score (nSPS) is 10.3. The zero-order valence-electron chi connectivity index (χ0n) is 23.9. The van der Waals surface area contributed by atoms with E-state index in [4.69, 9.17) is 46.6 Å². The molecule has 13 heteroatoms. The number of para-hydroxylation sites is 2. The van der Waals surface area contributed by atoms with Crippen LogP contribution in [0.15, 0.2) is 94.1 Å². The van der Waals surface area contributed by atoms with Crippen LogP contribution in [0, 0.1) is 0 Å². The molecule has 0 fully saturated rings. The average molecular weight is 653 g/mol. The van der Waals surface area contributed by atoms with E-state index in [9.17, 15) is 19.5 Å². The highest BCUT2D eigenvalue weighted by Crippen LogP contribution is 2.29. The van der Waals surface area contributed by atoms with E-state index in [0.717, 1.165) is 5.56 Å². The number of rotatable bonds is 9. The Balaban J connectivity index is 0.000000205. The Morgan fingerprint density at radius 2 is 1.47 bits per heavy atom. The van der Waals surface area contributed by atoms with E-state index in [0.29, 0.717) is 32.4 Å². The van der Waals surface area contributed by atoms with Crippen molar-refractivity contribution in [3.05, 3.63) is 122 Å². The molecule has 0 saturated carbocycles. The Kier molecular flexibility index (Phi) is 11.2. The van der Waals surface area contributed by atoms with Crippen LogP contribution < -0.4 is 25.2 Å². The number of hydrogen-bond donors (Lipinski definition) is 2. The van der Waals surface area contributed by atoms with E-state index >= 15 is 0 Å². The summed E-state index contributed by atoms with van der Waals surface area (Å²) >= 11 is 11.6. The lowest BCUT2D eigenvalue weighted by atomic mass is 10.1. The summed E-state index contributed by atoms with van der Waals surface area (Å²) in [6.45, 7) is 0.0609. The van der Waals surface area contributed by atoms with Gasteiger partial charge in [-0.05, 0) is 66.2 Å². The van der Waals surface area contributed by atoms with Crippen molar-refractivity contribution in [2.45, 2.75) is 13.2 Å². The standard InChI is InChI=1S/C16H14ClNO5.C16H12ClNO4/c1-22-13-4-2-3-12(15(19)20)14(13)18-16(21)23-9-10-5-7-11(17)8-6-10;1-20-13-4-2-3-12-15(13)18-14(22-16(12)19)9-21-11-7-5-10(17)6-8-11/h2-8H,9H2,1H3,(H,18,21)(H,19,20);2-8H,9H2,1H3. The Hall–Kier alpha value is -5.26. The number of ether oxygens (including phenoxy) is 4. The highest BCUT2D eigenvalue weighted by atomic mass is 35.5. The molecular formula is C32H26Cl2N2O9. The van der Waals surface area contributed by atoms with Crippen LogP contribution in [0.4, 0.5) is 10.5 Å². The van der Waals surface area contributed by atoms with E-state index in [-0.39, 0.29) is 36.1 Å².